The molecule has 0 bridgehead atoms. The van der Waals surface area contributed by atoms with Gasteiger partial charge in [-0.05, 0) is 93.0 Å². The maximum Gasteiger partial charge on any atom is 0.338 e. The molecule has 2 aliphatic carbocycles. The van der Waals surface area contributed by atoms with Crippen LogP contribution < -0.4 is 0 Å². The van der Waals surface area contributed by atoms with Crippen LogP contribution in [-0.2, 0) is 9.16 Å². The van der Waals surface area contributed by atoms with Crippen molar-refractivity contribution in [3.05, 3.63) is 48.0 Å². The molecule has 4 heteroatoms. The molecule has 0 heterocycles. The highest BCUT2D eigenvalue weighted by atomic mass is 28.4. The van der Waals surface area contributed by atoms with Gasteiger partial charge in [0.25, 0.3) is 0 Å². The van der Waals surface area contributed by atoms with Crippen molar-refractivity contribution in [3.8, 4) is 0 Å². The molecule has 0 unspecified atom stereocenters. The summed E-state index contributed by atoms with van der Waals surface area (Å²) in [5, 5.41) is 0.243. The number of allylic oxidation sites excluding steroid dienone is 1. The first-order valence-electron chi connectivity index (χ1n) is 13.5. The predicted octanol–water partition coefficient (Wildman–Crippen LogP) is 8.42. The van der Waals surface area contributed by atoms with Crippen molar-refractivity contribution in [2.24, 2.45) is 23.2 Å². The summed E-state index contributed by atoms with van der Waals surface area (Å²) in [6.45, 7) is 18.6. The number of hydrogen-bond acceptors (Lipinski definition) is 3. The Kier molecular flexibility index (Phi) is 8.56. The van der Waals surface area contributed by atoms with E-state index in [1.54, 1.807) is 0 Å². The molecule has 2 aliphatic rings. The minimum absolute atomic E-state index is 0.0469. The van der Waals surface area contributed by atoms with Crippen molar-refractivity contribution in [3.63, 3.8) is 0 Å². The summed E-state index contributed by atoms with van der Waals surface area (Å²) in [7, 11) is -1.73. The maximum absolute atomic E-state index is 12.7. The number of carbonyl (C=O) groups is 1. The van der Waals surface area contributed by atoms with E-state index in [9.17, 15) is 4.79 Å². The normalized spacial score (nSPS) is 29.6. The third kappa shape index (κ3) is 6.05. The van der Waals surface area contributed by atoms with Gasteiger partial charge in [0.15, 0.2) is 8.32 Å². The smallest absolute Gasteiger partial charge is 0.338 e. The van der Waals surface area contributed by atoms with Crippen LogP contribution in [0.5, 0.6) is 0 Å². The summed E-state index contributed by atoms with van der Waals surface area (Å²) in [6.07, 6.45) is 11.8. The number of esters is 1. The van der Waals surface area contributed by atoms with E-state index in [2.05, 4.69) is 66.8 Å². The molecule has 2 saturated carbocycles. The van der Waals surface area contributed by atoms with E-state index in [1.165, 1.54) is 12.8 Å². The highest BCUT2D eigenvalue weighted by Crippen LogP contribution is 2.58. The lowest BCUT2D eigenvalue weighted by atomic mass is 9.62. The third-order valence-corrected chi connectivity index (χ3v) is 13.9. The van der Waals surface area contributed by atoms with Crippen molar-refractivity contribution in [2.75, 3.05) is 0 Å². The molecule has 0 aliphatic heterocycles. The molecule has 1 aromatic rings. The van der Waals surface area contributed by atoms with Gasteiger partial charge in [-0.2, -0.15) is 0 Å². The summed E-state index contributed by atoms with van der Waals surface area (Å²) < 4.78 is 12.6. The highest BCUT2D eigenvalue weighted by molar-refractivity contribution is 6.74. The van der Waals surface area contributed by atoms with Gasteiger partial charge in [-0.15, -0.1) is 0 Å². The van der Waals surface area contributed by atoms with Crippen LogP contribution in [0.15, 0.2) is 42.5 Å². The number of fused-ring (bicyclic) bond motifs is 1. The third-order valence-electron chi connectivity index (χ3n) is 9.25. The Morgan fingerprint density at radius 3 is 2.47 bits per heavy atom. The molecule has 0 spiro atoms. The molecule has 190 valence electrons. The summed E-state index contributed by atoms with van der Waals surface area (Å²) in [4.78, 5) is 12.7. The molecule has 0 saturated heterocycles. The number of rotatable bonds is 8. The summed E-state index contributed by atoms with van der Waals surface area (Å²) in [5.74, 6) is 1.47. The number of benzene rings is 1. The Morgan fingerprint density at radius 2 is 1.82 bits per heavy atom. The van der Waals surface area contributed by atoms with Gasteiger partial charge in [-0.1, -0.05) is 65.0 Å². The summed E-state index contributed by atoms with van der Waals surface area (Å²) >= 11 is 0. The molecule has 3 nitrogen and oxygen atoms in total. The second-order valence-corrected chi connectivity index (χ2v) is 17.5. The van der Waals surface area contributed by atoms with Crippen LogP contribution in [0.25, 0.3) is 0 Å². The van der Waals surface area contributed by atoms with Gasteiger partial charge in [0.2, 0.25) is 0 Å². The number of hydrogen-bond donors (Lipinski definition) is 0. The van der Waals surface area contributed by atoms with Gasteiger partial charge < -0.3 is 9.16 Å². The molecular formula is C30H48O3Si. The first-order chi connectivity index (χ1) is 15.8. The topological polar surface area (TPSA) is 35.5 Å². The molecule has 0 radical (unpaired) electrons. The van der Waals surface area contributed by atoms with E-state index in [0.29, 0.717) is 23.3 Å². The molecule has 0 aromatic heterocycles. The molecular weight excluding hydrogens is 436 g/mol. The second kappa shape index (κ2) is 10.7. The zero-order chi connectivity index (χ0) is 25.1. The summed E-state index contributed by atoms with van der Waals surface area (Å²) in [6, 6.07) is 9.44. The average molecular weight is 485 g/mol. The molecule has 34 heavy (non-hydrogen) atoms. The van der Waals surface area contributed by atoms with Crippen molar-refractivity contribution in [2.45, 2.75) is 110 Å². The molecule has 1 aromatic carbocycles. The van der Waals surface area contributed by atoms with Crippen LogP contribution in [0.1, 0.15) is 90.4 Å². The Hall–Kier alpha value is -1.39. The first kappa shape index (κ1) is 27.2. The maximum atomic E-state index is 12.7. The Labute approximate surface area is 209 Å². The SMILES string of the molecule is C[C@H](C/C=C/[C@@H](C)[C@H]1CC[C@H]2[C@@H](OC(=O)c3ccccc3)CCC[C@]12C)O[Si](C)(C)C(C)(C)C. The van der Waals surface area contributed by atoms with E-state index in [0.717, 1.165) is 25.7 Å². The Morgan fingerprint density at radius 1 is 1.15 bits per heavy atom. The first-order valence-corrected chi connectivity index (χ1v) is 16.4. The van der Waals surface area contributed by atoms with E-state index in [1.807, 2.05) is 30.3 Å². The van der Waals surface area contributed by atoms with Gasteiger partial charge in [0.1, 0.15) is 6.10 Å². The summed E-state index contributed by atoms with van der Waals surface area (Å²) in [5.41, 5.74) is 0.905. The van der Waals surface area contributed by atoms with Crippen LogP contribution in [-0.4, -0.2) is 26.5 Å². The lowest BCUT2D eigenvalue weighted by Gasteiger charge is -2.45. The van der Waals surface area contributed by atoms with E-state index in [-0.39, 0.29) is 28.6 Å². The van der Waals surface area contributed by atoms with Crippen LogP contribution in [0.4, 0.5) is 0 Å². The van der Waals surface area contributed by atoms with Crippen LogP contribution in [0, 0.1) is 23.2 Å². The predicted molar refractivity (Wildman–Crippen MR) is 144 cm³/mol. The van der Waals surface area contributed by atoms with Crippen molar-refractivity contribution < 1.29 is 14.0 Å². The van der Waals surface area contributed by atoms with E-state index in [4.69, 9.17) is 9.16 Å². The minimum atomic E-state index is -1.73. The lowest BCUT2D eigenvalue weighted by molar-refractivity contribution is -0.0444. The van der Waals surface area contributed by atoms with Gasteiger partial charge in [0.05, 0.1) is 5.56 Å². The van der Waals surface area contributed by atoms with Crippen molar-refractivity contribution in [1.82, 2.24) is 0 Å². The zero-order valence-electron chi connectivity index (χ0n) is 22.9. The number of ether oxygens (including phenoxy) is 1. The van der Waals surface area contributed by atoms with Crippen LogP contribution >= 0.6 is 0 Å². The quantitative estimate of drug-likeness (QED) is 0.211. The molecule has 6 atom stereocenters. The minimum Gasteiger partial charge on any atom is -0.458 e. The Balaban J connectivity index is 1.59. The van der Waals surface area contributed by atoms with Gasteiger partial charge in [-0.3, -0.25) is 0 Å². The fourth-order valence-corrected chi connectivity index (χ4v) is 7.75. The van der Waals surface area contributed by atoms with E-state index >= 15 is 0 Å². The molecule has 0 amide bonds. The van der Waals surface area contributed by atoms with Gasteiger partial charge in [-0.25, -0.2) is 4.79 Å². The largest absolute Gasteiger partial charge is 0.458 e. The van der Waals surface area contributed by atoms with E-state index < -0.39 is 8.32 Å². The van der Waals surface area contributed by atoms with Crippen LogP contribution in [0.3, 0.4) is 0 Å². The fraction of sp³-hybridized carbons (Fsp3) is 0.700. The van der Waals surface area contributed by atoms with Gasteiger partial charge in [0, 0.05) is 12.0 Å². The monoisotopic (exact) mass is 484 g/mol. The fourth-order valence-electron chi connectivity index (χ4n) is 6.29. The second-order valence-electron chi connectivity index (χ2n) is 12.7. The highest BCUT2D eigenvalue weighted by Gasteiger charge is 2.53. The van der Waals surface area contributed by atoms with Crippen molar-refractivity contribution in [1.29, 1.82) is 0 Å². The molecule has 2 fully saturated rings. The van der Waals surface area contributed by atoms with Gasteiger partial charge >= 0.3 is 5.97 Å². The lowest BCUT2D eigenvalue weighted by Crippen LogP contribution is -2.43. The molecule has 3 rings (SSSR count). The standard InChI is InChI=1S/C30H48O3Si/c1-22(14-12-15-23(2)33-34(7,8)29(3,4)5)25-19-20-26-27(18-13-21-30(25,26)6)32-28(31)24-16-10-9-11-17-24/h9-12,14,16-17,22-23,25-27H,13,15,18-21H2,1-8H3/b14-12+/t22-,23-,25-,26+,27+,30-/m1/s1. The zero-order valence-corrected chi connectivity index (χ0v) is 23.9. The van der Waals surface area contributed by atoms with Crippen LogP contribution in [0.2, 0.25) is 18.1 Å². The Bertz CT molecular complexity index is 840. The average Bonchev–Trinajstić information content (AvgIpc) is 3.11. The number of carbonyl (C=O) groups excluding carboxylic acids is 1. The van der Waals surface area contributed by atoms with Crippen molar-refractivity contribution >= 4 is 14.3 Å². The molecule has 0 N–H and O–H groups in total.